The number of hydrogen-bond donors (Lipinski definition) is 2. The van der Waals surface area contributed by atoms with E-state index < -0.39 is 24.5 Å². The number of ether oxygens (including phenoxy) is 4. The first-order chi connectivity index (χ1) is 20.2. The molecule has 0 bridgehead atoms. The van der Waals surface area contributed by atoms with E-state index in [9.17, 15) is 4.79 Å². The minimum absolute atomic E-state index is 0.234. The fraction of sp³-hybridized carbons (Fsp3) is 0.250. The first-order valence-electron chi connectivity index (χ1n) is 13.6. The Hall–Kier alpha value is -4.28. The Morgan fingerprint density at radius 2 is 1.34 bits per heavy atom. The summed E-state index contributed by atoms with van der Waals surface area (Å²) in [5, 5.41) is 6.94. The van der Waals surface area contributed by atoms with Gasteiger partial charge in [-0.25, -0.2) is 5.10 Å². The highest BCUT2D eigenvalue weighted by Crippen LogP contribution is 2.37. The molecule has 9 heteroatoms. The van der Waals surface area contributed by atoms with E-state index in [0.717, 1.165) is 16.7 Å². The van der Waals surface area contributed by atoms with Crippen molar-refractivity contribution in [3.63, 3.8) is 0 Å². The van der Waals surface area contributed by atoms with Crippen LogP contribution in [0.2, 0.25) is 0 Å². The molecular formula is C32H32N4O5. The molecule has 1 aliphatic heterocycles. The number of aromatic nitrogens is 3. The highest BCUT2D eigenvalue weighted by atomic mass is 16.6. The molecule has 1 fully saturated rings. The molecule has 2 aromatic heterocycles. The third-order valence-electron chi connectivity index (χ3n) is 7.21. The fourth-order valence-corrected chi connectivity index (χ4v) is 5.18. The van der Waals surface area contributed by atoms with E-state index in [1.807, 2.05) is 91.0 Å². The van der Waals surface area contributed by atoms with Crippen molar-refractivity contribution in [1.29, 1.82) is 0 Å². The molecule has 6 rings (SSSR count). The molecule has 0 aliphatic carbocycles. The number of aromatic amines is 1. The molecule has 0 amide bonds. The van der Waals surface area contributed by atoms with E-state index in [0.29, 0.717) is 30.7 Å². The average molecular weight is 553 g/mol. The Labute approximate surface area is 237 Å². The van der Waals surface area contributed by atoms with Crippen molar-refractivity contribution in [3.8, 4) is 0 Å². The van der Waals surface area contributed by atoms with E-state index in [4.69, 9.17) is 24.7 Å². The number of H-pyrrole nitrogens is 1. The minimum atomic E-state index is -0.676. The molecule has 41 heavy (non-hydrogen) atoms. The summed E-state index contributed by atoms with van der Waals surface area (Å²) < 4.78 is 27.6. The first kappa shape index (κ1) is 26.9. The van der Waals surface area contributed by atoms with Gasteiger partial charge in [0.05, 0.1) is 26.4 Å². The van der Waals surface area contributed by atoms with Crippen molar-refractivity contribution in [1.82, 2.24) is 14.8 Å². The molecule has 3 N–H and O–H groups in total. The maximum atomic E-state index is 12.9. The van der Waals surface area contributed by atoms with Crippen LogP contribution in [-0.2, 0) is 38.8 Å². The lowest BCUT2D eigenvalue weighted by Gasteiger charge is -2.26. The summed E-state index contributed by atoms with van der Waals surface area (Å²) in [6, 6.07) is 31.6. The van der Waals surface area contributed by atoms with Crippen molar-refractivity contribution in [3.05, 3.63) is 130 Å². The highest BCUT2D eigenvalue weighted by Gasteiger charge is 2.48. The van der Waals surface area contributed by atoms with E-state index in [1.54, 1.807) is 16.8 Å². The Kier molecular flexibility index (Phi) is 8.20. The number of nitrogens with two attached hydrogens (primary N) is 1. The van der Waals surface area contributed by atoms with Crippen molar-refractivity contribution < 1.29 is 18.9 Å². The summed E-state index contributed by atoms with van der Waals surface area (Å²) in [4.78, 5) is 12.9. The molecule has 1 saturated heterocycles. The van der Waals surface area contributed by atoms with Crippen LogP contribution in [0.1, 0.15) is 22.9 Å². The number of nitrogens with zero attached hydrogens (tertiary/aromatic N) is 2. The second kappa shape index (κ2) is 12.5. The molecule has 5 aromatic rings. The summed E-state index contributed by atoms with van der Waals surface area (Å²) in [7, 11) is 0. The van der Waals surface area contributed by atoms with Crippen molar-refractivity contribution in [2.45, 2.75) is 44.4 Å². The maximum absolute atomic E-state index is 12.9. The topological polar surface area (TPSA) is 114 Å². The molecule has 210 valence electrons. The second-order valence-corrected chi connectivity index (χ2v) is 10.0. The molecular weight excluding hydrogens is 520 g/mol. The minimum Gasteiger partial charge on any atom is -0.382 e. The fourth-order valence-electron chi connectivity index (χ4n) is 5.18. The lowest BCUT2D eigenvalue weighted by molar-refractivity contribution is -0.0913. The first-order valence-corrected chi connectivity index (χ1v) is 13.6. The standard InChI is InChI=1S/C32H32N4O5/c33-30-25-16-17-36(27(25)31(37)35-34-30)32-29(40-20-24-14-8-3-9-15-24)28(39-19-23-12-6-2-7-13-23)26(41-32)21-38-18-22-10-4-1-5-11-22/h1-17,26,28-29,32H,18-21H2,(H2,33,34)(H,35,37)/t26-,28-,29+,32-/m1/s1. The quantitative estimate of drug-likeness (QED) is 0.246. The molecule has 3 heterocycles. The number of fused-ring (bicyclic) bond motifs is 1. The number of rotatable bonds is 11. The highest BCUT2D eigenvalue weighted by molar-refractivity contribution is 5.88. The van der Waals surface area contributed by atoms with Crippen LogP contribution >= 0.6 is 0 Å². The van der Waals surface area contributed by atoms with Crippen LogP contribution in [-0.4, -0.2) is 39.7 Å². The molecule has 9 nitrogen and oxygen atoms in total. The Morgan fingerprint density at radius 3 is 1.95 bits per heavy atom. The van der Waals surface area contributed by atoms with Gasteiger partial charge in [0.1, 0.15) is 23.8 Å². The molecule has 0 saturated carbocycles. The van der Waals surface area contributed by atoms with Crippen LogP contribution in [0.3, 0.4) is 0 Å². The van der Waals surface area contributed by atoms with Crippen LogP contribution in [0.15, 0.2) is 108 Å². The second-order valence-electron chi connectivity index (χ2n) is 10.0. The SMILES string of the molecule is Nc1n[nH]c(=O)c2c1ccn2[C@@H]1O[C@H](COCc2ccccc2)[C@@H](OCc2ccccc2)[C@@H]1OCc1ccccc1. The third kappa shape index (κ3) is 6.08. The molecule has 0 unspecified atom stereocenters. The van der Waals surface area contributed by atoms with Gasteiger partial charge in [0.2, 0.25) is 0 Å². The third-order valence-corrected chi connectivity index (χ3v) is 7.21. The number of benzene rings is 3. The van der Waals surface area contributed by atoms with Gasteiger partial charge in [-0.3, -0.25) is 4.79 Å². The van der Waals surface area contributed by atoms with Gasteiger partial charge in [-0.05, 0) is 22.8 Å². The van der Waals surface area contributed by atoms with Crippen LogP contribution in [0.25, 0.3) is 10.9 Å². The smallest absolute Gasteiger partial charge is 0.288 e. The average Bonchev–Trinajstić information content (AvgIpc) is 3.61. The molecule has 4 atom stereocenters. The largest absolute Gasteiger partial charge is 0.382 e. The van der Waals surface area contributed by atoms with Crippen LogP contribution in [0.5, 0.6) is 0 Å². The van der Waals surface area contributed by atoms with E-state index in [1.165, 1.54) is 0 Å². The van der Waals surface area contributed by atoms with Crippen LogP contribution in [0.4, 0.5) is 5.82 Å². The number of hydrogen-bond acceptors (Lipinski definition) is 7. The van der Waals surface area contributed by atoms with Gasteiger partial charge in [0.25, 0.3) is 5.56 Å². The zero-order valence-corrected chi connectivity index (χ0v) is 22.5. The lowest BCUT2D eigenvalue weighted by Crippen LogP contribution is -2.38. The zero-order chi connectivity index (χ0) is 28.0. The monoisotopic (exact) mass is 552 g/mol. The van der Waals surface area contributed by atoms with Gasteiger partial charge >= 0.3 is 0 Å². The van der Waals surface area contributed by atoms with Crippen LogP contribution < -0.4 is 11.3 Å². The van der Waals surface area contributed by atoms with Gasteiger partial charge in [-0.1, -0.05) is 91.0 Å². The summed E-state index contributed by atoms with van der Waals surface area (Å²) in [5.74, 6) is 0.234. The predicted molar refractivity (Wildman–Crippen MR) is 155 cm³/mol. The van der Waals surface area contributed by atoms with E-state index in [2.05, 4.69) is 10.2 Å². The summed E-state index contributed by atoms with van der Waals surface area (Å²) in [6.07, 6.45) is -0.415. The molecule has 0 spiro atoms. The van der Waals surface area contributed by atoms with Crippen LogP contribution in [0, 0.1) is 0 Å². The molecule has 0 radical (unpaired) electrons. The summed E-state index contributed by atoms with van der Waals surface area (Å²) >= 11 is 0. The van der Waals surface area contributed by atoms with Crippen molar-refractivity contribution >= 4 is 16.7 Å². The summed E-state index contributed by atoms with van der Waals surface area (Å²) in [5.41, 5.74) is 9.19. The Morgan fingerprint density at radius 1 is 0.780 bits per heavy atom. The Bertz CT molecular complexity index is 1610. The molecule has 1 aliphatic rings. The van der Waals surface area contributed by atoms with E-state index >= 15 is 0 Å². The van der Waals surface area contributed by atoms with Crippen molar-refractivity contribution in [2.75, 3.05) is 12.3 Å². The number of nitrogen functional groups attached to an aromatic ring is 1. The van der Waals surface area contributed by atoms with Gasteiger partial charge in [-0.15, -0.1) is 0 Å². The summed E-state index contributed by atoms with van der Waals surface area (Å²) in [6.45, 7) is 1.41. The number of nitrogens with one attached hydrogen (secondary N) is 1. The number of anilines is 1. The van der Waals surface area contributed by atoms with Gasteiger partial charge in [-0.2, -0.15) is 5.10 Å². The zero-order valence-electron chi connectivity index (χ0n) is 22.5. The normalized spacial score (nSPS) is 20.5. The molecule has 3 aromatic carbocycles. The van der Waals surface area contributed by atoms with Gasteiger partial charge < -0.3 is 29.2 Å². The van der Waals surface area contributed by atoms with Gasteiger partial charge in [0.15, 0.2) is 12.0 Å². The van der Waals surface area contributed by atoms with E-state index in [-0.39, 0.29) is 18.0 Å². The van der Waals surface area contributed by atoms with Gasteiger partial charge in [0, 0.05) is 11.6 Å². The predicted octanol–water partition coefficient (Wildman–Crippen LogP) is 4.59. The van der Waals surface area contributed by atoms with Crippen molar-refractivity contribution in [2.24, 2.45) is 0 Å². The lowest BCUT2D eigenvalue weighted by atomic mass is 10.1. The Balaban J connectivity index is 1.32. The maximum Gasteiger partial charge on any atom is 0.288 e.